The molecule has 0 radical (unpaired) electrons. The molecule has 158 valence electrons. The molecule has 1 aromatic carbocycles. The molecule has 0 saturated carbocycles. The lowest BCUT2D eigenvalue weighted by atomic mass is 10.1. The first-order valence-corrected chi connectivity index (χ1v) is 8.23. The van der Waals surface area contributed by atoms with Crippen LogP contribution in [0.2, 0.25) is 0 Å². The van der Waals surface area contributed by atoms with Crippen LogP contribution in [-0.2, 0) is 23.8 Å². The van der Waals surface area contributed by atoms with Crippen LogP contribution >= 0.6 is 0 Å². The maximum atomic E-state index is 13.6. The number of hydrogen-bond donors (Lipinski definition) is 1. The summed E-state index contributed by atoms with van der Waals surface area (Å²) in [6.45, 7) is -0.335. The highest BCUT2D eigenvalue weighted by atomic mass is 19.2. The molecule has 1 aliphatic heterocycles. The zero-order valence-corrected chi connectivity index (χ0v) is 14.9. The molecule has 8 nitrogen and oxygen atoms in total. The molecule has 0 fully saturated rings. The average molecular weight is 420 g/mol. The Morgan fingerprint density at radius 1 is 0.828 bits per heavy atom. The van der Waals surface area contributed by atoms with Crippen molar-refractivity contribution in [3.63, 3.8) is 0 Å². The molecule has 0 bridgehead atoms. The first-order valence-electron chi connectivity index (χ1n) is 8.23. The second kappa shape index (κ2) is 9.98. The molecule has 0 aromatic heterocycles. The number of carbonyl (C=O) groups excluding carboxylic acids is 3. The highest BCUT2D eigenvalue weighted by molar-refractivity contribution is 6.12. The molecule has 29 heavy (non-hydrogen) atoms. The van der Waals surface area contributed by atoms with Gasteiger partial charge in [-0.05, 0) is 0 Å². The molecule has 0 atom stereocenters. The summed E-state index contributed by atoms with van der Waals surface area (Å²) in [6.07, 6.45) is 2.30. The normalized spacial score (nSPS) is 13.4. The quantitative estimate of drug-likeness (QED) is 0.150. The summed E-state index contributed by atoms with van der Waals surface area (Å²) >= 11 is 0. The second-order valence-corrected chi connectivity index (χ2v) is 5.57. The van der Waals surface area contributed by atoms with Gasteiger partial charge in [-0.25, -0.2) is 22.4 Å². The Morgan fingerprint density at radius 2 is 1.31 bits per heavy atom. The number of rotatable bonds is 10. The zero-order chi connectivity index (χ0) is 21.6. The molecular weight excluding hydrogens is 404 g/mol. The van der Waals surface area contributed by atoms with Crippen LogP contribution in [0.3, 0.4) is 0 Å². The van der Waals surface area contributed by atoms with Crippen LogP contribution in [0.1, 0.15) is 10.4 Å². The highest BCUT2D eigenvalue weighted by Crippen LogP contribution is 2.26. The number of halogens is 4. The molecule has 0 saturated heterocycles. The molecule has 1 aliphatic rings. The summed E-state index contributed by atoms with van der Waals surface area (Å²) in [4.78, 5) is 35.2. The van der Waals surface area contributed by atoms with Gasteiger partial charge in [0.1, 0.15) is 17.9 Å². The van der Waals surface area contributed by atoms with Gasteiger partial charge in [-0.2, -0.15) is 0 Å². The number of anilines is 1. The van der Waals surface area contributed by atoms with Gasteiger partial charge in [0.2, 0.25) is 0 Å². The molecule has 2 amide bonds. The van der Waals surface area contributed by atoms with Gasteiger partial charge in [0.15, 0.2) is 23.3 Å². The van der Waals surface area contributed by atoms with Gasteiger partial charge in [0.05, 0.1) is 33.0 Å². The Kier molecular flexibility index (Phi) is 7.67. The average Bonchev–Trinajstić information content (AvgIpc) is 3.01. The second-order valence-electron chi connectivity index (χ2n) is 5.57. The van der Waals surface area contributed by atoms with E-state index in [-0.39, 0.29) is 33.0 Å². The number of amides is 2. The summed E-state index contributed by atoms with van der Waals surface area (Å²) in [5.41, 5.74) is 1.93. The fourth-order valence-corrected chi connectivity index (χ4v) is 2.22. The van der Waals surface area contributed by atoms with Crippen LogP contribution in [0, 0.1) is 23.3 Å². The number of nitrogens with zero attached hydrogens (tertiary/aromatic N) is 1. The van der Waals surface area contributed by atoms with Crippen molar-refractivity contribution in [3.05, 3.63) is 41.0 Å². The fraction of sp³-hybridized carbons (Fsp3) is 0.353. The van der Waals surface area contributed by atoms with Crippen LogP contribution < -0.4 is 5.73 Å². The van der Waals surface area contributed by atoms with E-state index in [2.05, 4.69) is 4.74 Å². The predicted octanol–water partition coefficient (Wildman–Crippen LogP) is 0.940. The smallest absolute Gasteiger partial charge is 0.344 e. The van der Waals surface area contributed by atoms with Gasteiger partial charge >= 0.3 is 5.97 Å². The lowest BCUT2D eigenvalue weighted by Gasteiger charge is -2.13. The number of benzene rings is 1. The summed E-state index contributed by atoms with van der Waals surface area (Å²) < 4.78 is 68.6. The van der Waals surface area contributed by atoms with E-state index in [4.69, 9.17) is 15.2 Å². The molecule has 1 heterocycles. The molecule has 0 aliphatic carbocycles. The van der Waals surface area contributed by atoms with Crippen molar-refractivity contribution in [2.45, 2.75) is 0 Å². The van der Waals surface area contributed by atoms with Crippen LogP contribution in [0.15, 0.2) is 12.2 Å². The lowest BCUT2D eigenvalue weighted by molar-refractivity contribution is -0.137. The minimum Gasteiger partial charge on any atom is -0.459 e. The molecule has 12 heteroatoms. The Labute approximate surface area is 161 Å². The van der Waals surface area contributed by atoms with E-state index in [9.17, 15) is 31.9 Å². The van der Waals surface area contributed by atoms with Gasteiger partial charge in [-0.3, -0.25) is 14.5 Å². The van der Waals surface area contributed by atoms with Crippen molar-refractivity contribution in [2.24, 2.45) is 0 Å². The molecule has 1 aromatic rings. The van der Waals surface area contributed by atoms with E-state index in [1.54, 1.807) is 0 Å². The van der Waals surface area contributed by atoms with E-state index in [1.165, 1.54) is 0 Å². The number of ether oxygens (including phenoxy) is 3. The number of nitrogen functional groups attached to an aromatic ring is 1. The van der Waals surface area contributed by atoms with Crippen molar-refractivity contribution in [3.8, 4) is 0 Å². The van der Waals surface area contributed by atoms with Crippen molar-refractivity contribution in [1.82, 2.24) is 4.90 Å². The predicted molar refractivity (Wildman–Crippen MR) is 88.5 cm³/mol. The number of hydrogen-bond acceptors (Lipinski definition) is 7. The summed E-state index contributed by atoms with van der Waals surface area (Å²) in [6, 6.07) is 0. The first-order chi connectivity index (χ1) is 13.8. The summed E-state index contributed by atoms with van der Waals surface area (Å²) in [5.74, 6) is -10.2. The van der Waals surface area contributed by atoms with Gasteiger partial charge < -0.3 is 19.9 Å². The van der Waals surface area contributed by atoms with Crippen molar-refractivity contribution in [2.75, 3.05) is 45.3 Å². The minimum absolute atomic E-state index is 0.0472. The summed E-state index contributed by atoms with van der Waals surface area (Å²) in [7, 11) is 0. The molecule has 0 unspecified atom stereocenters. The topological polar surface area (TPSA) is 108 Å². The minimum atomic E-state index is -1.95. The first kappa shape index (κ1) is 22.3. The van der Waals surface area contributed by atoms with Crippen molar-refractivity contribution < 1.29 is 46.2 Å². The molecular formula is C17H16F4N2O6. The van der Waals surface area contributed by atoms with Crippen molar-refractivity contribution >= 4 is 23.5 Å². The van der Waals surface area contributed by atoms with Gasteiger partial charge in [-0.1, -0.05) is 0 Å². The maximum Gasteiger partial charge on any atom is 0.344 e. The largest absolute Gasteiger partial charge is 0.459 e. The third kappa shape index (κ3) is 5.29. The monoisotopic (exact) mass is 420 g/mol. The van der Waals surface area contributed by atoms with Gasteiger partial charge in [-0.15, -0.1) is 0 Å². The molecule has 2 rings (SSSR count). The Hall–Kier alpha value is -2.99. The number of imide groups is 1. The third-order valence-electron chi connectivity index (χ3n) is 3.69. The molecule has 0 spiro atoms. The van der Waals surface area contributed by atoms with Crippen LogP contribution in [0.5, 0.6) is 0 Å². The Balaban J connectivity index is 1.63. The van der Waals surface area contributed by atoms with Gasteiger partial charge in [0, 0.05) is 12.2 Å². The Morgan fingerprint density at radius 3 is 1.86 bits per heavy atom. The third-order valence-corrected chi connectivity index (χ3v) is 3.69. The summed E-state index contributed by atoms with van der Waals surface area (Å²) in [5, 5.41) is 0. The molecule has 2 N–H and O–H groups in total. The zero-order valence-electron chi connectivity index (χ0n) is 14.9. The van der Waals surface area contributed by atoms with E-state index in [0.717, 1.165) is 17.1 Å². The SMILES string of the molecule is Nc1c(F)c(F)c(C(=O)OCCOCCOCCN2C(=O)C=CC2=O)c(F)c1F. The Bertz CT molecular complexity index is 799. The van der Waals surface area contributed by atoms with Crippen LogP contribution in [0.25, 0.3) is 0 Å². The van der Waals surface area contributed by atoms with Crippen LogP contribution in [-0.4, -0.2) is 62.3 Å². The van der Waals surface area contributed by atoms with E-state index < -0.39 is 58.9 Å². The van der Waals surface area contributed by atoms with Gasteiger partial charge in [0.25, 0.3) is 11.8 Å². The van der Waals surface area contributed by atoms with E-state index in [0.29, 0.717) is 0 Å². The van der Waals surface area contributed by atoms with E-state index >= 15 is 0 Å². The maximum absolute atomic E-state index is 13.6. The van der Waals surface area contributed by atoms with Crippen LogP contribution in [0.4, 0.5) is 23.2 Å². The number of carbonyl (C=O) groups is 3. The lowest BCUT2D eigenvalue weighted by Crippen LogP contribution is -2.33. The number of esters is 1. The van der Waals surface area contributed by atoms with E-state index in [1.807, 2.05) is 0 Å². The standard InChI is InChI=1S/C17H16F4N2O6/c18-12-11(13(19)15(21)16(22)14(12)20)17(26)29-8-7-28-6-5-27-4-3-23-9(24)1-2-10(23)25/h1-2H,3-8,22H2. The van der Waals surface area contributed by atoms with Crippen molar-refractivity contribution in [1.29, 1.82) is 0 Å². The number of nitrogens with two attached hydrogens (primary N) is 1. The fourth-order valence-electron chi connectivity index (χ4n) is 2.22. The highest BCUT2D eigenvalue weighted by Gasteiger charge is 2.29.